The van der Waals surface area contributed by atoms with E-state index in [-0.39, 0.29) is 0 Å². The van der Waals surface area contributed by atoms with Crippen LogP contribution < -0.4 is 5.73 Å². The first-order valence-electron chi connectivity index (χ1n) is 2.99. The molecule has 11 heavy (non-hydrogen) atoms. The zero-order valence-corrected chi connectivity index (χ0v) is 6.50. The van der Waals surface area contributed by atoms with Crippen LogP contribution in [-0.2, 0) is 4.79 Å². The molecule has 0 aromatic heterocycles. The Morgan fingerprint density at radius 3 is 2.64 bits per heavy atom. The van der Waals surface area contributed by atoms with Crippen molar-refractivity contribution in [3.05, 3.63) is 0 Å². The van der Waals surface area contributed by atoms with Gasteiger partial charge in [-0.25, -0.2) is 9.59 Å². The number of thioether (sulfide) groups is 1. The van der Waals surface area contributed by atoms with Crippen LogP contribution in [0.4, 0.5) is 4.79 Å². The number of carbonyl (C=O) groups excluding carboxylic acids is 1. The number of hydrogen-bond acceptors (Lipinski definition) is 3. The summed E-state index contributed by atoms with van der Waals surface area (Å²) in [5.41, 5.74) is 4.94. The van der Waals surface area contributed by atoms with Gasteiger partial charge in [-0.3, -0.25) is 0 Å². The quantitative estimate of drug-likeness (QED) is 0.565. The van der Waals surface area contributed by atoms with Crippen molar-refractivity contribution in [1.29, 1.82) is 0 Å². The normalized spacial score (nSPS) is 23.6. The van der Waals surface area contributed by atoms with Gasteiger partial charge in [-0.15, -0.1) is 11.8 Å². The molecular weight excluding hydrogens is 168 g/mol. The van der Waals surface area contributed by atoms with Crippen LogP contribution in [0.2, 0.25) is 0 Å². The fourth-order valence-corrected chi connectivity index (χ4v) is 2.02. The molecule has 1 rings (SSSR count). The van der Waals surface area contributed by atoms with Gasteiger partial charge in [0, 0.05) is 5.75 Å². The molecule has 0 aromatic carbocycles. The zero-order chi connectivity index (χ0) is 8.43. The van der Waals surface area contributed by atoms with Gasteiger partial charge in [0.2, 0.25) is 0 Å². The topological polar surface area (TPSA) is 83.6 Å². The number of carboxylic acids is 1. The van der Waals surface area contributed by atoms with Gasteiger partial charge < -0.3 is 15.7 Å². The van der Waals surface area contributed by atoms with Crippen molar-refractivity contribution < 1.29 is 14.7 Å². The molecule has 0 aliphatic carbocycles. The standard InChI is InChI=1S/C5H8N2O3S/c6-5(10)7-2-11-1-3(7)4(8)9/h3H,1-2H2,(H2,6,10)(H,8,9). The van der Waals surface area contributed by atoms with Crippen LogP contribution in [0.15, 0.2) is 0 Å². The number of urea groups is 1. The molecule has 62 valence electrons. The molecule has 0 radical (unpaired) electrons. The summed E-state index contributed by atoms with van der Waals surface area (Å²) in [7, 11) is 0. The number of carboxylic acid groups (broad SMARTS) is 1. The number of primary amides is 1. The summed E-state index contributed by atoms with van der Waals surface area (Å²) in [5.74, 6) is -0.182. The maximum atomic E-state index is 10.6. The van der Waals surface area contributed by atoms with Crippen molar-refractivity contribution in [3.8, 4) is 0 Å². The fourth-order valence-electron chi connectivity index (χ4n) is 0.864. The zero-order valence-electron chi connectivity index (χ0n) is 5.69. The van der Waals surface area contributed by atoms with E-state index >= 15 is 0 Å². The molecule has 0 spiro atoms. The van der Waals surface area contributed by atoms with Crippen LogP contribution in [0.1, 0.15) is 0 Å². The van der Waals surface area contributed by atoms with Crippen LogP contribution in [0, 0.1) is 0 Å². The Labute approximate surface area is 67.5 Å². The Kier molecular flexibility index (Phi) is 2.23. The van der Waals surface area contributed by atoms with Gasteiger partial charge in [-0.05, 0) is 0 Å². The van der Waals surface area contributed by atoms with Crippen LogP contribution in [0.25, 0.3) is 0 Å². The van der Waals surface area contributed by atoms with Gasteiger partial charge in [-0.2, -0.15) is 0 Å². The molecule has 5 nitrogen and oxygen atoms in total. The first-order chi connectivity index (χ1) is 5.13. The minimum atomic E-state index is -0.992. The summed E-state index contributed by atoms with van der Waals surface area (Å²) >= 11 is 1.39. The lowest BCUT2D eigenvalue weighted by Gasteiger charge is -2.16. The number of rotatable bonds is 1. The molecule has 1 aliphatic heterocycles. The molecule has 3 N–H and O–H groups in total. The van der Waals surface area contributed by atoms with Gasteiger partial charge in [0.1, 0.15) is 6.04 Å². The molecule has 0 saturated carbocycles. The van der Waals surface area contributed by atoms with Crippen molar-refractivity contribution in [2.45, 2.75) is 6.04 Å². The summed E-state index contributed by atoms with van der Waals surface area (Å²) in [4.78, 5) is 22.2. The van der Waals surface area contributed by atoms with E-state index in [1.165, 1.54) is 11.8 Å². The number of aliphatic carboxylic acids is 1. The molecule has 1 fully saturated rings. The van der Waals surface area contributed by atoms with Crippen molar-refractivity contribution in [2.75, 3.05) is 11.6 Å². The van der Waals surface area contributed by atoms with Crippen molar-refractivity contribution >= 4 is 23.8 Å². The first-order valence-corrected chi connectivity index (χ1v) is 4.15. The Balaban J connectivity index is 2.65. The summed E-state index contributed by atoms with van der Waals surface area (Å²) in [5, 5.41) is 8.57. The third-order valence-electron chi connectivity index (χ3n) is 1.45. The molecule has 6 heteroatoms. The molecule has 1 saturated heterocycles. The van der Waals surface area contributed by atoms with E-state index in [1.807, 2.05) is 0 Å². The summed E-state index contributed by atoms with van der Waals surface area (Å²) in [6.07, 6.45) is 0. The van der Waals surface area contributed by atoms with E-state index in [0.29, 0.717) is 11.6 Å². The fraction of sp³-hybridized carbons (Fsp3) is 0.600. The second kappa shape index (κ2) is 3.00. The Morgan fingerprint density at radius 1 is 1.64 bits per heavy atom. The van der Waals surface area contributed by atoms with Crippen LogP contribution in [0.5, 0.6) is 0 Å². The van der Waals surface area contributed by atoms with E-state index in [2.05, 4.69) is 0 Å². The van der Waals surface area contributed by atoms with Gasteiger partial charge in [-0.1, -0.05) is 0 Å². The van der Waals surface area contributed by atoms with E-state index in [0.717, 1.165) is 4.90 Å². The Bertz CT molecular complexity index is 176. The van der Waals surface area contributed by atoms with E-state index in [9.17, 15) is 9.59 Å². The smallest absolute Gasteiger partial charge is 0.327 e. The summed E-state index contributed by atoms with van der Waals surface area (Å²) in [6.45, 7) is 0. The van der Waals surface area contributed by atoms with Gasteiger partial charge in [0.25, 0.3) is 0 Å². The van der Waals surface area contributed by atoms with Crippen molar-refractivity contribution in [2.24, 2.45) is 5.73 Å². The predicted octanol–water partition coefficient (Wildman–Crippen LogP) is -0.475. The molecule has 0 bridgehead atoms. The molecule has 1 heterocycles. The molecule has 2 amide bonds. The molecule has 1 unspecified atom stereocenters. The maximum absolute atomic E-state index is 10.6. The second-order valence-corrected chi connectivity index (χ2v) is 3.16. The number of amides is 2. The predicted molar refractivity (Wildman–Crippen MR) is 40.2 cm³/mol. The highest BCUT2D eigenvalue weighted by atomic mass is 32.2. The number of hydrogen-bond donors (Lipinski definition) is 2. The monoisotopic (exact) mass is 176 g/mol. The molecular formula is C5H8N2O3S. The third kappa shape index (κ3) is 1.56. The average molecular weight is 176 g/mol. The average Bonchev–Trinajstić information content (AvgIpc) is 2.32. The lowest BCUT2D eigenvalue weighted by atomic mass is 10.3. The second-order valence-electron chi connectivity index (χ2n) is 2.16. The van der Waals surface area contributed by atoms with Gasteiger partial charge >= 0.3 is 12.0 Å². The molecule has 1 aliphatic rings. The van der Waals surface area contributed by atoms with Crippen LogP contribution >= 0.6 is 11.8 Å². The Hall–Kier alpha value is -0.910. The van der Waals surface area contributed by atoms with Crippen molar-refractivity contribution in [3.63, 3.8) is 0 Å². The SMILES string of the molecule is NC(=O)N1CSCC1C(=O)O. The molecule has 0 aromatic rings. The van der Waals surface area contributed by atoms with Crippen molar-refractivity contribution in [1.82, 2.24) is 4.90 Å². The van der Waals surface area contributed by atoms with E-state index in [4.69, 9.17) is 10.8 Å². The van der Waals surface area contributed by atoms with Crippen LogP contribution in [-0.4, -0.2) is 39.7 Å². The van der Waals surface area contributed by atoms with E-state index < -0.39 is 18.0 Å². The van der Waals surface area contributed by atoms with Gasteiger partial charge in [0.15, 0.2) is 0 Å². The number of carbonyl (C=O) groups is 2. The largest absolute Gasteiger partial charge is 0.480 e. The number of nitrogens with two attached hydrogens (primary N) is 1. The molecule has 1 atom stereocenters. The highest BCUT2D eigenvalue weighted by molar-refractivity contribution is 7.99. The third-order valence-corrected chi connectivity index (χ3v) is 2.46. The minimum Gasteiger partial charge on any atom is -0.480 e. The lowest BCUT2D eigenvalue weighted by molar-refractivity contribution is -0.140. The summed E-state index contributed by atoms with van der Waals surface area (Å²) < 4.78 is 0. The van der Waals surface area contributed by atoms with Crippen LogP contribution in [0.3, 0.4) is 0 Å². The lowest BCUT2D eigenvalue weighted by Crippen LogP contribution is -2.44. The minimum absolute atomic E-state index is 0.381. The summed E-state index contributed by atoms with van der Waals surface area (Å²) in [6, 6.07) is -1.40. The maximum Gasteiger partial charge on any atom is 0.327 e. The van der Waals surface area contributed by atoms with E-state index in [1.54, 1.807) is 0 Å². The first kappa shape index (κ1) is 8.19. The Morgan fingerprint density at radius 2 is 2.27 bits per heavy atom. The number of nitrogens with zero attached hydrogens (tertiary/aromatic N) is 1. The highest BCUT2D eigenvalue weighted by Gasteiger charge is 2.33. The van der Waals surface area contributed by atoms with Gasteiger partial charge in [0.05, 0.1) is 5.88 Å². The highest BCUT2D eigenvalue weighted by Crippen LogP contribution is 2.19.